The van der Waals surface area contributed by atoms with Gasteiger partial charge in [0.25, 0.3) is 0 Å². The van der Waals surface area contributed by atoms with E-state index in [4.69, 9.17) is 0 Å². The Morgan fingerprint density at radius 1 is 1.20 bits per heavy atom. The van der Waals surface area contributed by atoms with E-state index in [0.29, 0.717) is 6.54 Å². The molecule has 0 heterocycles. The van der Waals surface area contributed by atoms with Gasteiger partial charge in [0.05, 0.1) is 6.54 Å². The van der Waals surface area contributed by atoms with Crippen molar-refractivity contribution in [3.05, 3.63) is 35.9 Å². The fourth-order valence-corrected chi connectivity index (χ4v) is 2.07. The molecule has 0 aromatic heterocycles. The molecule has 0 unspecified atom stereocenters. The zero-order valence-electron chi connectivity index (χ0n) is 12.7. The molecule has 3 nitrogen and oxygen atoms in total. The maximum absolute atomic E-state index is 11.4. The van der Waals surface area contributed by atoms with Crippen LogP contribution in [0.1, 0.15) is 32.3 Å². The van der Waals surface area contributed by atoms with Gasteiger partial charge in [-0.3, -0.25) is 4.79 Å². The number of carbonyl (C=O) groups is 1. The first-order valence-corrected chi connectivity index (χ1v) is 6.99. The number of nitrogens with one attached hydrogen (secondary N) is 2. The van der Waals surface area contributed by atoms with Gasteiger partial charge in [-0.25, -0.2) is 0 Å². The smallest absolute Gasteiger partial charge is 0.233 e. The minimum absolute atomic E-state index is 0. The van der Waals surface area contributed by atoms with Crippen LogP contribution in [0.4, 0.5) is 0 Å². The predicted octanol–water partition coefficient (Wildman–Crippen LogP) is 2.79. The molecule has 0 aliphatic heterocycles. The van der Waals surface area contributed by atoms with Gasteiger partial charge in [0, 0.05) is 6.54 Å². The van der Waals surface area contributed by atoms with Crippen LogP contribution in [0.2, 0.25) is 0 Å². The number of likely N-dealkylation sites (N-methyl/N-ethyl adjacent to an activating group) is 1. The molecule has 20 heavy (non-hydrogen) atoms. The Hall–Kier alpha value is -1.06. The van der Waals surface area contributed by atoms with Crippen molar-refractivity contribution in [2.75, 3.05) is 20.1 Å². The lowest BCUT2D eigenvalue weighted by Crippen LogP contribution is -2.38. The zero-order valence-corrected chi connectivity index (χ0v) is 13.6. The standard InChI is InChI=1S/C16H26N2O.ClH/c1-16(2,13-18-15(19)12-17-3)11-7-10-14-8-5-4-6-9-14;/h4-6,8-9,17H,7,10-13H2,1-3H3,(H,18,19);1H. The second kappa shape index (κ2) is 9.78. The third-order valence-electron chi connectivity index (χ3n) is 3.26. The molecule has 114 valence electrons. The van der Waals surface area contributed by atoms with E-state index in [1.807, 2.05) is 6.07 Å². The molecular formula is C16H27ClN2O. The number of carbonyl (C=O) groups excluding carboxylic acids is 1. The summed E-state index contributed by atoms with van der Waals surface area (Å²) >= 11 is 0. The van der Waals surface area contributed by atoms with Gasteiger partial charge < -0.3 is 10.6 Å². The first-order chi connectivity index (χ1) is 9.03. The number of halogens is 1. The summed E-state index contributed by atoms with van der Waals surface area (Å²) in [6.07, 6.45) is 3.37. The quantitative estimate of drug-likeness (QED) is 0.775. The van der Waals surface area contributed by atoms with Crippen LogP contribution in [0.3, 0.4) is 0 Å². The molecule has 0 radical (unpaired) electrons. The summed E-state index contributed by atoms with van der Waals surface area (Å²) in [5.41, 5.74) is 1.54. The molecule has 4 heteroatoms. The Morgan fingerprint density at radius 2 is 1.85 bits per heavy atom. The molecule has 0 aliphatic carbocycles. The Kier molecular flexibility index (Phi) is 9.26. The van der Waals surface area contributed by atoms with Gasteiger partial charge in [0.2, 0.25) is 5.91 Å². The normalized spacial score (nSPS) is 10.8. The summed E-state index contributed by atoms with van der Waals surface area (Å²) in [5, 5.41) is 5.83. The molecule has 0 atom stereocenters. The van der Waals surface area contributed by atoms with Crippen LogP contribution in [-0.4, -0.2) is 26.0 Å². The molecule has 0 fully saturated rings. The minimum Gasteiger partial charge on any atom is -0.354 e. The highest BCUT2D eigenvalue weighted by Gasteiger charge is 2.18. The summed E-state index contributed by atoms with van der Waals surface area (Å²) in [4.78, 5) is 11.4. The van der Waals surface area contributed by atoms with Crippen molar-refractivity contribution in [3.8, 4) is 0 Å². The highest BCUT2D eigenvalue weighted by Crippen LogP contribution is 2.22. The third-order valence-corrected chi connectivity index (χ3v) is 3.26. The lowest BCUT2D eigenvalue weighted by molar-refractivity contribution is -0.120. The maximum Gasteiger partial charge on any atom is 0.233 e. The maximum atomic E-state index is 11.4. The third kappa shape index (κ3) is 8.18. The minimum atomic E-state index is 0. The molecule has 0 bridgehead atoms. The first kappa shape index (κ1) is 18.9. The second-order valence-corrected chi connectivity index (χ2v) is 5.81. The number of aryl methyl sites for hydroxylation is 1. The van der Waals surface area contributed by atoms with Crippen molar-refractivity contribution in [3.63, 3.8) is 0 Å². The number of hydrogen-bond donors (Lipinski definition) is 2. The van der Waals surface area contributed by atoms with Crippen molar-refractivity contribution < 1.29 is 4.79 Å². The highest BCUT2D eigenvalue weighted by atomic mass is 35.5. The lowest BCUT2D eigenvalue weighted by Gasteiger charge is -2.25. The van der Waals surface area contributed by atoms with E-state index < -0.39 is 0 Å². The van der Waals surface area contributed by atoms with Gasteiger partial charge in [-0.2, -0.15) is 0 Å². The SMILES string of the molecule is CNCC(=O)NCC(C)(C)CCCc1ccccc1.Cl. The van der Waals surface area contributed by atoms with Crippen molar-refractivity contribution >= 4 is 18.3 Å². The van der Waals surface area contributed by atoms with Gasteiger partial charge in [-0.15, -0.1) is 12.4 Å². The highest BCUT2D eigenvalue weighted by molar-refractivity contribution is 5.85. The summed E-state index contributed by atoms with van der Waals surface area (Å²) in [5.74, 6) is 0.0682. The van der Waals surface area contributed by atoms with Crippen LogP contribution in [0.25, 0.3) is 0 Å². The lowest BCUT2D eigenvalue weighted by atomic mass is 9.86. The summed E-state index contributed by atoms with van der Waals surface area (Å²) < 4.78 is 0. The van der Waals surface area contributed by atoms with Gasteiger partial charge in [0.1, 0.15) is 0 Å². The fraction of sp³-hybridized carbons (Fsp3) is 0.562. The molecular weight excluding hydrogens is 272 g/mol. The van der Waals surface area contributed by atoms with Crippen LogP contribution < -0.4 is 10.6 Å². The van der Waals surface area contributed by atoms with Crippen LogP contribution in [0.5, 0.6) is 0 Å². The van der Waals surface area contributed by atoms with E-state index in [1.54, 1.807) is 7.05 Å². The van der Waals surface area contributed by atoms with E-state index >= 15 is 0 Å². The number of hydrogen-bond acceptors (Lipinski definition) is 2. The van der Waals surface area contributed by atoms with E-state index in [2.05, 4.69) is 48.7 Å². The molecule has 0 saturated carbocycles. The monoisotopic (exact) mass is 298 g/mol. The van der Waals surface area contributed by atoms with E-state index in [9.17, 15) is 4.79 Å². The summed E-state index contributed by atoms with van der Waals surface area (Å²) in [7, 11) is 1.78. The zero-order chi connectivity index (χ0) is 14.1. The molecule has 0 saturated heterocycles. The van der Waals surface area contributed by atoms with Gasteiger partial charge in [-0.05, 0) is 37.3 Å². The predicted molar refractivity (Wildman–Crippen MR) is 87.3 cm³/mol. The topological polar surface area (TPSA) is 41.1 Å². The largest absolute Gasteiger partial charge is 0.354 e. The van der Waals surface area contributed by atoms with Crippen molar-refractivity contribution in [2.24, 2.45) is 5.41 Å². The van der Waals surface area contributed by atoms with E-state index in [1.165, 1.54) is 5.56 Å². The van der Waals surface area contributed by atoms with Gasteiger partial charge >= 0.3 is 0 Å². The Bertz CT molecular complexity index is 379. The Balaban J connectivity index is 0.00000361. The number of rotatable bonds is 8. The Morgan fingerprint density at radius 3 is 2.45 bits per heavy atom. The molecule has 1 rings (SSSR count). The molecule has 1 aromatic rings. The van der Waals surface area contributed by atoms with Crippen LogP contribution in [0.15, 0.2) is 30.3 Å². The summed E-state index contributed by atoms with van der Waals surface area (Å²) in [6.45, 7) is 5.54. The molecule has 1 aromatic carbocycles. The molecule has 1 amide bonds. The van der Waals surface area contributed by atoms with Crippen molar-refractivity contribution in [1.82, 2.24) is 10.6 Å². The van der Waals surface area contributed by atoms with E-state index in [-0.39, 0.29) is 23.7 Å². The van der Waals surface area contributed by atoms with Crippen LogP contribution in [-0.2, 0) is 11.2 Å². The Labute approximate surface area is 128 Å². The van der Waals surface area contributed by atoms with Crippen LogP contribution >= 0.6 is 12.4 Å². The average molecular weight is 299 g/mol. The van der Waals surface area contributed by atoms with Gasteiger partial charge in [0.15, 0.2) is 0 Å². The van der Waals surface area contributed by atoms with Gasteiger partial charge in [-0.1, -0.05) is 44.2 Å². The number of amides is 1. The second-order valence-electron chi connectivity index (χ2n) is 5.81. The first-order valence-electron chi connectivity index (χ1n) is 6.99. The molecule has 0 spiro atoms. The molecule has 2 N–H and O–H groups in total. The van der Waals surface area contributed by atoms with Crippen molar-refractivity contribution in [2.45, 2.75) is 33.1 Å². The average Bonchev–Trinajstić information content (AvgIpc) is 2.38. The van der Waals surface area contributed by atoms with E-state index in [0.717, 1.165) is 25.8 Å². The molecule has 0 aliphatic rings. The van der Waals surface area contributed by atoms with Crippen molar-refractivity contribution in [1.29, 1.82) is 0 Å². The summed E-state index contributed by atoms with van der Waals surface area (Å²) in [6, 6.07) is 10.5. The fourth-order valence-electron chi connectivity index (χ4n) is 2.07. The number of benzene rings is 1. The van der Waals surface area contributed by atoms with Crippen LogP contribution in [0, 0.1) is 5.41 Å².